The standard InChI is InChI=1S/C21H25N5OS/c1-16-23-21(25-24-16)28-15-17-8-6-9-18(14-17)20(27)22-12-7-13-26(2)19-10-4-3-5-11-19/h3-6,8-11,14H,7,12-13,15H2,1-2H3,(H,22,27)(H,23,24,25). The number of carbonyl (C=O) groups excluding carboxylic acids is 1. The van der Waals surface area contributed by atoms with Gasteiger partial charge in [0.1, 0.15) is 5.82 Å². The predicted molar refractivity (Wildman–Crippen MR) is 114 cm³/mol. The Hall–Kier alpha value is -2.80. The summed E-state index contributed by atoms with van der Waals surface area (Å²) >= 11 is 1.55. The smallest absolute Gasteiger partial charge is 0.251 e. The quantitative estimate of drug-likeness (QED) is 0.427. The highest BCUT2D eigenvalue weighted by Crippen LogP contribution is 2.19. The molecule has 2 aromatic carbocycles. The SMILES string of the molecule is Cc1nc(SCc2cccc(C(=O)NCCCN(C)c3ccccc3)c2)n[nH]1. The molecular weight excluding hydrogens is 370 g/mol. The zero-order valence-corrected chi connectivity index (χ0v) is 17.0. The van der Waals surface area contributed by atoms with Crippen LogP contribution in [0.4, 0.5) is 5.69 Å². The molecule has 0 fully saturated rings. The molecular formula is C21H25N5OS. The molecule has 0 spiro atoms. The Morgan fingerprint density at radius 3 is 2.75 bits per heavy atom. The highest BCUT2D eigenvalue weighted by Gasteiger charge is 2.08. The van der Waals surface area contributed by atoms with Crippen LogP contribution < -0.4 is 10.2 Å². The Morgan fingerprint density at radius 1 is 1.18 bits per heavy atom. The fraction of sp³-hybridized carbons (Fsp3) is 0.286. The third-order valence-corrected chi connectivity index (χ3v) is 5.21. The van der Waals surface area contributed by atoms with E-state index in [-0.39, 0.29) is 5.91 Å². The van der Waals surface area contributed by atoms with Crippen molar-refractivity contribution in [2.24, 2.45) is 0 Å². The summed E-state index contributed by atoms with van der Waals surface area (Å²) in [5, 5.41) is 10.7. The Kier molecular flexibility index (Phi) is 7.08. The minimum atomic E-state index is -0.0389. The number of hydrogen-bond donors (Lipinski definition) is 2. The first kappa shape index (κ1) is 19.9. The number of thioether (sulfide) groups is 1. The zero-order valence-electron chi connectivity index (χ0n) is 16.2. The van der Waals surface area contributed by atoms with Gasteiger partial charge in [0, 0.05) is 37.1 Å². The molecule has 0 aliphatic rings. The second-order valence-corrected chi connectivity index (χ2v) is 7.50. The van der Waals surface area contributed by atoms with Crippen molar-refractivity contribution < 1.29 is 4.79 Å². The third-order valence-electron chi connectivity index (χ3n) is 4.29. The lowest BCUT2D eigenvalue weighted by molar-refractivity contribution is 0.0953. The van der Waals surface area contributed by atoms with Crippen molar-refractivity contribution in [3.63, 3.8) is 0 Å². The lowest BCUT2D eigenvalue weighted by Gasteiger charge is -2.19. The van der Waals surface area contributed by atoms with E-state index in [1.807, 2.05) is 49.4 Å². The van der Waals surface area contributed by atoms with Crippen LogP contribution in [-0.2, 0) is 5.75 Å². The number of hydrogen-bond acceptors (Lipinski definition) is 5. The van der Waals surface area contributed by atoms with Gasteiger partial charge in [0.05, 0.1) is 0 Å². The van der Waals surface area contributed by atoms with Gasteiger partial charge in [-0.1, -0.05) is 42.1 Å². The molecule has 3 rings (SSSR count). The summed E-state index contributed by atoms with van der Waals surface area (Å²) in [6.45, 7) is 3.40. The van der Waals surface area contributed by atoms with Crippen molar-refractivity contribution in [2.45, 2.75) is 24.3 Å². The first-order chi connectivity index (χ1) is 13.6. The van der Waals surface area contributed by atoms with Gasteiger partial charge in [-0.3, -0.25) is 9.89 Å². The van der Waals surface area contributed by atoms with Gasteiger partial charge in [-0.25, -0.2) is 4.98 Å². The van der Waals surface area contributed by atoms with Gasteiger partial charge in [-0.15, -0.1) is 5.10 Å². The van der Waals surface area contributed by atoms with Crippen LogP contribution in [0.25, 0.3) is 0 Å². The van der Waals surface area contributed by atoms with Gasteiger partial charge in [0.15, 0.2) is 0 Å². The van der Waals surface area contributed by atoms with Gasteiger partial charge < -0.3 is 10.2 Å². The fourth-order valence-electron chi connectivity index (χ4n) is 2.77. The summed E-state index contributed by atoms with van der Waals surface area (Å²) in [6, 6.07) is 17.9. The van der Waals surface area contributed by atoms with E-state index in [0.717, 1.165) is 35.3 Å². The van der Waals surface area contributed by atoms with Crippen molar-refractivity contribution in [3.8, 4) is 0 Å². The summed E-state index contributed by atoms with van der Waals surface area (Å²) in [5.41, 5.74) is 2.94. The highest BCUT2D eigenvalue weighted by molar-refractivity contribution is 7.98. The predicted octanol–water partition coefficient (Wildman–Crippen LogP) is 3.66. The number of rotatable bonds is 9. The summed E-state index contributed by atoms with van der Waals surface area (Å²) in [6.07, 6.45) is 0.886. The van der Waals surface area contributed by atoms with Gasteiger partial charge in [0.2, 0.25) is 5.16 Å². The second-order valence-electron chi connectivity index (χ2n) is 6.56. The first-order valence-electron chi connectivity index (χ1n) is 9.27. The average Bonchev–Trinajstić information content (AvgIpc) is 3.15. The molecule has 7 heteroatoms. The third kappa shape index (κ3) is 5.85. The van der Waals surface area contributed by atoms with E-state index >= 15 is 0 Å². The minimum absolute atomic E-state index is 0.0389. The molecule has 0 aliphatic carbocycles. The number of benzene rings is 2. The molecule has 6 nitrogen and oxygen atoms in total. The van der Waals surface area contributed by atoms with Crippen LogP contribution in [0.1, 0.15) is 28.2 Å². The van der Waals surface area contributed by atoms with E-state index in [0.29, 0.717) is 12.1 Å². The van der Waals surface area contributed by atoms with E-state index < -0.39 is 0 Å². The summed E-state index contributed by atoms with van der Waals surface area (Å²) in [5.74, 6) is 1.48. The van der Waals surface area contributed by atoms with Crippen LogP contribution in [0.5, 0.6) is 0 Å². The molecule has 146 valence electrons. The van der Waals surface area contributed by atoms with Crippen molar-refractivity contribution in [1.82, 2.24) is 20.5 Å². The van der Waals surface area contributed by atoms with E-state index in [4.69, 9.17) is 0 Å². The molecule has 28 heavy (non-hydrogen) atoms. The van der Waals surface area contributed by atoms with Crippen molar-refractivity contribution in [2.75, 3.05) is 25.0 Å². The van der Waals surface area contributed by atoms with Crippen LogP contribution in [0, 0.1) is 6.92 Å². The normalized spacial score (nSPS) is 10.6. The van der Waals surface area contributed by atoms with Crippen molar-refractivity contribution in [3.05, 3.63) is 71.5 Å². The Balaban J connectivity index is 1.44. The zero-order chi connectivity index (χ0) is 19.8. The molecule has 0 saturated heterocycles. The number of amides is 1. The molecule has 0 radical (unpaired) electrons. The first-order valence-corrected chi connectivity index (χ1v) is 10.3. The number of anilines is 1. The molecule has 3 aromatic rings. The van der Waals surface area contributed by atoms with E-state index in [9.17, 15) is 4.79 Å². The highest BCUT2D eigenvalue weighted by atomic mass is 32.2. The van der Waals surface area contributed by atoms with Crippen molar-refractivity contribution in [1.29, 1.82) is 0 Å². The van der Waals surface area contributed by atoms with Crippen LogP contribution in [-0.4, -0.2) is 41.2 Å². The van der Waals surface area contributed by atoms with Gasteiger partial charge in [-0.05, 0) is 43.2 Å². The van der Waals surface area contributed by atoms with Crippen LogP contribution in [0.2, 0.25) is 0 Å². The number of aromatic amines is 1. The Bertz CT molecular complexity index is 897. The molecule has 0 atom stereocenters. The molecule has 1 amide bonds. The molecule has 1 heterocycles. The Labute approximate surface area is 169 Å². The van der Waals surface area contributed by atoms with E-state index in [1.54, 1.807) is 11.8 Å². The minimum Gasteiger partial charge on any atom is -0.375 e. The van der Waals surface area contributed by atoms with Gasteiger partial charge in [0.25, 0.3) is 5.91 Å². The van der Waals surface area contributed by atoms with E-state index in [2.05, 4.69) is 44.6 Å². The maximum absolute atomic E-state index is 12.4. The van der Waals surface area contributed by atoms with Crippen LogP contribution in [0.3, 0.4) is 0 Å². The summed E-state index contributed by atoms with van der Waals surface area (Å²) in [7, 11) is 2.06. The van der Waals surface area contributed by atoms with Crippen molar-refractivity contribution >= 4 is 23.4 Å². The van der Waals surface area contributed by atoms with Crippen LogP contribution in [0.15, 0.2) is 59.8 Å². The number of aromatic nitrogens is 3. The molecule has 0 unspecified atom stereocenters. The second kappa shape index (κ2) is 9.94. The monoisotopic (exact) mass is 395 g/mol. The lowest BCUT2D eigenvalue weighted by atomic mass is 10.1. The van der Waals surface area contributed by atoms with E-state index in [1.165, 1.54) is 5.69 Å². The number of carbonyl (C=O) groups is 1. The lowest BCUT2D eigenvalue weighted by Crippen LogP contribution is -2.28. The summed E-state index contributed by atoms with van der Waals surface area (Å²) < 4.78 is 0. The number of H-pyrrole nitrogens is 1. The van der Waals surface area contributed by atoms with Gasteiger partial charge >= 0.3 is 0 Å². The average molecular weight is 396 g/mol. The molecule has 1 aromatic heterocycles. The number of nitrogens with zero attached hydrogens (tertiary/aromatic N) is 3. The number of para-hydroxylation sites is 1. The maximum atomic E-state index is 12.4. The summed E-state index contributed by atoms with van der Waals surface area (Å²) in [4.78, 5) is 18.9. The fourth-order valence-corrected chi connectivity index (χ4v) is 3.56. The maximum Gasteiger partial charge on any atom is 0.251 e. The largest absolute Gasteiger partial charge is 0.375 e. The molecule has 0 saturated carbocycles. The molecule has 0 aliphatic heterocycles. The Morgan fingerprint density at radius 2 is 2.00 bits per heavy atom. The van der Waals surface area contributed by atoms with Gasteiger partial charge in [-0.2, -0.15) is 0 Å². The molecule has 2 N–H and O–H groups in total. The number of aryl methyl sites for hydroxylation is 1. The number of nitrogens with one attached hydrogen (secondary N) is 2. The molecule has 0 bridgehead atoms. The topological polar surface area (TPSA) is 73.9 Å². The van der Waals surface area contributed by atoms with Crippen LogP contribution >= 0.6 is 11.8 Å².